The molecule has 2 aromatic heterocycles. The number of benzene rings is 1. The molecule has 0 saturated carbocycles. The summed E-state index contributed by atoms with van der Waals surface area (Å²) in [5.41, 5.74) is 2.34. The van der Waals surface area contributed by atoms with Gasteiger partial charge in [0.15, 0.2) is 0 Å². The number of nitrogens with zero attached hydrogens (tertiary/aromatic N) is 3. The van der Waals surface area contributed by atoms with E-state index >= 15 is 0 Å². The molecule has 0 radical (unpaired) electrons. The van der Waals surface area contributed by atoms with Crippen molar-refractivity contribution in [3.8, 4) is 0 Å². The van der Waals surface area contributed by atoms with Gasteiger partial charge in [0.25, 0.3) is 0 Å². The van der Waals surface area contributed by atoms with Gasteiger partial charge in [-0.25, -0.2) is 4.98 Å². The van der Waals surface area contributed by atoms with Crippen molar-refractivity contribution in [3.63, 3.8) is 0 Å². The zero-order valence-corrected chi connectivity index (χ0v) is 14.7. The Bertz CT molecular complexity index is 894. The second-order valence-electron chi connectivity index (χ2n) is 7.55. The average Bonchev–Trinajstić information content (AvgIpc) is 3.11. The highest BCUT2D eigenvalue weighted by atomic mass is 16.5. The first-order chi connectivity index (χ1) is 12.7. The lowest BCUT2D eigenvalue weighted by molar-refractivity contribution is -0.149. The fourth-order valence-corrected chi connectivity index (χ4v) is 4.53. The van der Waals surface area contributed by atoms with E-state index < -0.39 is 5.60 Å². The van der Waals surface area contributed by atoms with Crippen LogP contribution in [0.5, 0.6) is 0 Å². The summed E-state index contributed by atoms with van der Waals surface area (Å²) < 4.78 is 7.80. The number of hydrogen-bond donors (Lipinski definition) is 1. The third-order valence-electron chi connectivity index (χ3n) is 5.85. The number of pyridine rings is 1. The molecular weight excluding hydrogens is 326 g/mol. The predicted octanol–water partition coefficient (Wildman–Crippen LogP) is 2.59. The van der Waals surface area contributed by atoms with Crippen LogP contribution in [0.4, 0.5) is 0 Å². The van der Waals surface area contributed by atoms with Crippen molar-refractivity contribution in [1.82, 2.24) is 14.3 Å². The smallest absolute Gasteiger partial charge is 0.137 e. The van der Waals surface area contributed by atoms with Crippen LogP contribution in [-0.2, 0) is 16.9 Å². The van der Waals surface area contributed by atoms with Crippen LogP contribution >= 0.6 is 0 Å². The van der Waals surface area contributed by atoms with Crippen molar-refractivity contribution in [2.75, 3.05) is 13.2 Å². The van der Waals surface area contributed by atoms with E-state index in [1.165, 1.54) is 5.56 Å². The van der Waals surface area contributed by atoms with Crippen LogP contribution in [0.2, 0.25) is 0 Å². The molecule has 2 fully saturated rings. The van der Waals surface area contributed by atoms with Gasteiger partial charge in [-0.3, -0.25) is 4.90 Å². The maximum atomic E-state index is 11.5. The zero-order valence-electron chi connectivity index (χ0n) is 14.7. The van der Waals surface area contributed by atoms with E-state index in [0.29, 0.717) is 26.1 Å². The Labute approximate surface area is 152 Å². The SMILES string of the molecule is OC1(c2ccn3ccnc3c2)CC2COCC(C1)N2Cc1ccccc1. The Balaban J connectivity index is 1.43. The average molecular weight is 349 g/mol. The molecule has 1 aromatic carbocycles. The first-order valence-electron chi connectivity index (χ1n) is 9.24. The highest BCUT2D eigenvalue weighted by molar-refractivity contribution is 5.43. The van der Waals surface area contributed by atoms with Crippen LogP contribution in [0.25, 0.3) is 5.65 Å². The minimum absolute atomic E-state index is 0.226. The Hall–Kier alpha value is -2.21. The molecule has 5 nitrogen and oxygen atoms in total. The molecule has 0 aliphatic carbocycles. The summed E-state index contributed by atoms with van der Waals surface area (Å²) in [7, 11) is 0. The summed E-state index contributed by atoms with van der Waals surface area (Å²) in [6.07, 6.45) is 7.07. The quantitative estimate of drug-likeness (QED) is 0.790. The molecule has 4 heterocycles. The lowest BCUT2D eigenvalue weighted by Crippen LogP contribution is -2.60. The van der Waals surface area contributed by atoms with Gasteiger partial charge in [-0.05, 0) is 36.1 Å². The second-order valence-corrected chi connectivity index (χ2v) is 7.55. The normalized spacial score (nSPS) is 29.1. The predicted molar refractivity (Wildman–Crippen MR) is 98.7 cm³/mol. The molecular formula is C21H23N3O2. The standard InChI is InChI=1S/C21H23N3O2/c25-21(17-6-8-23-9-7-22-20(23)10-17)11-18-14-26-15-19(12-21)24(18)13-16-4-2-1-3-5-16/h1-10,18-19,25H,11-15H2. The van der Waals surface area contributed by atoms with Gasteiger partial charge in [-0.2, -0.15) is 0 Å². The van der Waals surface area contributed by atoms with E-state index in [0.717, 1.165) is 17.8 Å². The molecule has 3 aromatic rings. The van der Waals surface area contributed by atoms with Gasteiger partial charge in [0.05, 0.1) is 18.8 Å². The van der Waals surface area contributed by atoms with E-state index in [9.17, 15) is 5.11 Å². The van der Waals surface area contributed by atoms with Crippen molar-refractivity contribution in [1.29, 1.82) is 0 Å². The highest BCUT2D eigenvalue weighted by Crippen LogP contribution is 2.41. The van der Waals surface area contributed by atoms with Crippen LogP contribution in [0.3, 0.4) is 0 Å². The number of hydrogen-bond acceptors (Lipinski definition) is 4. The summed E-state index contributed by atoms with van der Waals surface area (Å²) in [6.45, 7) is 2.27. The van der Waals surface area contributed by atoms with Gasteiger partial charge < -0.3 is 14.2 Å². The number of fused-ring (bicyclic) bond motifs is 3. The number of ether oxygens (including phenoxy) is 1. The minimum atomic E-state index is -0.819. The van der Waals surface area contributed by atoms with Crippen molar-refractivity contribution in [2.45, 2.75) is 37.1 Å². The molecule has 2 atom stereocenters. The lowest BCUT2D eigenvalue weighted by atomic mass is 9.77. The highest BCUT2D eigenvalue weighted by Gasteiger charge is 2.46. The topological polar surface area (TPSA) is 50.0 Å². The lowest BCUT2D eigenvalue weighted by Gasteiger charge is -2.51. The fourth-order valence-electron chi connectivity index (χ4n) is 4.53. The van der Waals surface area contributed by atoms with Gasteiger partial charge in [-0.1, -0.05) is 30.3 Å². The van der Waals surface area contributed by atoms with E-state index in [1.54, 1.807) is 6.20 Å². The summed E-state index contributed by atoms with van der Waals surface area (Å²) in [6, 6.07) is 15.1. The summed E-state index contributed by atoms with van der Waals surface area (Å²) >= 11 is 0. The fraction of sp³-hybridized carbons (Fsp3) is 0.381. The minimum Gasteiger partial charge on any atom is -0.385 e. The van der Waals surface area contributed by atoms with Crippen molar-refractivity contribution in [3.05, 3.63) is 72.2 Å². The maximum Gasteiger partial charge on any atom is 0.137 e. The van der Waals surface area contributed by atoms with Crippen molar-refractivity contribution >= 4 is 5.65 Å². The van der Waals surface area contributed by atoms with Gasteiger partial charge in [0.2, 0.25) is 0 Å². The molecule has 1 N–H and O–H groups in total. The molecule has 2 aliphatic rings. The first-order valence-corrected chi connectivity index (χ1v) is 9.24. The molecule has 2 aliphatic heterocycles. The third-order valence-corrected chi connectivity index (χ3v) is 5.85. The number of aliphatic hydroxyl groups is 1. The molecule has 134 valence electrons. The van der Waals surface area contributed by atoms with E-state index in [1.807, 2.05) is 35.0 Å². The van der Waals surface area contributed by atoms with Crippen molar-refractivity contribution < 1.29 is 9.84 Å². The zero-order chi connectivity index (χ0) is 17.6. The van der Waals surface area contributed by atoms with Gasteiger partial charge in [0, 0.05) is 37.2 Å². The molecule has 2 unspecified atom stereocenters. The summed E-state index contributed by atoms with van der Waals surface area (Å²) in [5, 5.41) is 11.5. The van der Waals surface area contributed by atoms with Crippen LogP contribution in [0, 0.1) is 0 Å². The van der Waals surface area contributed by atoms with E-state index in [-0.39, 0.29) is 12.1 Å². The molecule has 2 bridgehead atoms. The Morgan fingerprint density at radius 3 is 2.62 bits per heavy atom. The van der Waals surface area contributed by atoms with Gasteiger partial charge in [0.1, 0.15) is 5.65 Å². The number of rotatable bonds is 3. The Morgan fingerprint density at radius 1 is 1.08 bits per heavy atom. The van der Waals surface area contributed by atoms with Crippen LogP contribution in [0.1, 0.15) is 24.0 Å². The van der Waals surface area contributed by atoms with Crippen molar-refractivity contribution in [2.24, 2.45) is 0 Å². The third kappa shape index (κ3) is 2.72. The number of morpholine rings is 1. The maximum absolute atomic E-state index is 11.5. The van der Waals surface area contributed by atoms with Crippen LogP contribution < -0.4 is 0 Å². The molecule has 5 heteroatoms. The number of piperidine rings is 1. The molecule has 5 rings (SSSR count). The van der Waals surface area contributed by atoms with Crippen LogP contribution in [0.15, 0.2) is 61.1 Å². The molecule has 2 saturated heterocycles. The monoisotopic (exact) mass is 349 g/mol. The molecule has 0 amide bonds. The Kier molecular flexibility index (Phi) is 3.81. The number of imidazole rings is 1. The largest absolute Gasteiger partial charge is 0.385 e. The van der Waals surface area contributed by atoms with Crippen LogP contribution in [-0.4, -0.2) is 44.7 Å². The molecule has 26 heavy (non-hydrogen) atoms. The van der Waals surface area contributed by atoms with E-state index in [2.05, 4.69) is 34.1 Å². The van der Waals surface area contributed by atoms with E-state index in [4.69, 9.17) is 4.74 Å². The van der Waals surface area contributed by atoms with Gasteiger partial charge >= 0.3 is 0 Å². The first kappa shape index (κ1) is 16.0. The Morgan fingerprint density at radius 2 is 1.85 bits per heavy atom. The summed E-state index contributed by atoms with van der Waals surface area (Å²) in [4.78, 5) is 6.88. The number of aromatic nitrogens is 2. The molecule has 0 spiro atoms. The second kappa shape index (κ2) is 6.20. The van der Waals surface area contributed by atoms with Gasteiger partial charge in [-0.15, -0.1) is 0 Å². The summed E-state index contributed by atoms with van der Waals surface area (Å²) in [5.74, 6) is 0.